The Morgan fingerprint density at radius 1 is 1.17 bits per heavy atom. The topological polar surface area (TPSA) is 102 Å². The molecule has 8 nitrogen and oxygen atoms in total. The van der Waals surface area contributed by atoms with Crippen LogP contribution in [0.15, 0.2) is 54.7 Å². The number of nitrogens with zero attached hydrogens (tertiary/aromatic N) is 1. The highest BCUT2D eigenvalue weighted by Gasteiger charge is 2.59. The molecule has 0 bridgehead atoms. The number of pyridine rings is 1. The van der Waals surface area contributed by atoms with Crippen LogP contribution in [-0.2, 0) is 17.6 Å². The van der Waals surface area contributed by atoms with Crippen molar-refractivity contribution >= 4 is 18.1 Å². The van der Waals surface area contributed by atoms with Crippen LogP contribution < -0.4 is 25.4 Å². The fraction of sp³-hybridized carbons (Fsp3) is 0.321. The number of carbonyl (C=O) groups is 2. The quantitative estimate of drug-likeness (QED) is 0.413. The molecule has 2 aliphatic carbocycles. The maximum atomic E-state index is 12.8. The molecule has 0 saturated heterocycles. The Morgan fingerprint density at radius 2 is 2.06 bits per heavy atom. The summed E-state index contributed by atoms with van der Waals surface area (Å²) in [6.07, 6.45) is 5.35. The number of urea groups is 1. The molecule has 2 amide bonds. The molecule has 3 unspecified atom stereocenters. The number of aryl methyl sites for hydroxylation is 1. The van der Waals surface area contributed by atoms with E-state index < -0.39 is 0 Å². The Balaban J connectivity index is 1.13. The van der Waals surface area contributed by atoms with Crippen molar-refractivity contribution in [1.29, 1.82) is 0 Å². The molecule has 1 fully saturated rings. The maximum absolute atomic E-state index is 12.8. The van der Waals surface area contributed by atoms with E-state index in [1.807, 2.05) is 30.3 Å². The van der Waals surface area contributed by atoms with Crippen molar-refractivity contribution in [3.05, 3.63) is 77.0 Å². The van der Waals surface area contributed by atoms with Crippen LogP contribution in [0.4, 0.5) is 10.6 Å². The number of aromatic nitrogens is 1. The number of anilines is 1. The van der Waals surface area contributed by atoms with Gasteiger partial charge in [-0.3, -0.25) is 0 Å². The highest BCUT2D eigenvalue weighted by Crippen LogP contribution is 2.54. The van der Waals surface area contributed by atoms with Gasteiger partial charge in [0.25, 0.3) is 0 Å². The molecule has 36 heavy (non-hydrogen) atoms. The zero-order valence-electron chi connectivity index (χ0n) is 20.0. The van der Waals surface area contributed by atoms with Crippen molar-refractivity contribution in [2.75, 3.05) is 12.4 Å². The van der Waals surface area contributed by atoms with E-state index >= 15 is 0 Å². The highest BCUT2D eigenvalue weighted by atomic mass is 16.5. The normalized spacial score (nSPS) is 22.5. The molecule has 3 aromatic rings. The number of fused-ring (bicyclic) bond motifs is 4. The molecule has 2 aromatic carbocycles. The molecule has 1 saturated carbocycles. The molecule has 3 N–H and O–H groups in total. The number of nitrogens with one attached hydrogen (secondary N) is 3. The molecule has 0 spiro atoms. The summed E-state index contributed by atoms with van der Waals surface area (Å²) in [5, 5.41) is 9.30. The summed E-state index contributed by atoms with van der Waals surface area (Å²) in [5.41, 5.74) is 4.41. The van der Waals surface area contributed by atoms with E-state index in [4.69, 9.17) is 9.47 Å². The van der Waals surface area contributed by atoms with Crippen molar-refractivity contribution in [1.82, 2.24) is 15.6 Å². The molecule has 1 aliphatic heterocycles. The average molecular weight is 485 g/mol. The molecule has 3 aliphatic rings. The predicted molar refractivity (Wildman–Crippen MR) is 135 cm³/mol. The van der Waals surface area contributed by atoms with E-state index in [0.29, 0.717) is 30.2 Å². The number of aldehydes is 1. The summed E-state index contributed by atoms with van der Waals surface area (Å²) in [5.74, 6) is 2.96. The second kappa shape index (κ2) is 9.18. The number of rotatable bonds is 8. The molecule has 8 heteroatoms. The van der Waals surface area contributed by atoms with Gasteiger partial charge in [0.2, 0.25) is 0 Å². The lowest BCUT2D eigenvalue weighted by molar-refractivity contribution is -0.107. The van der Waals surface area contributed by atoms with Crippen molar-refractivity contribution < 1.29 is 19.1 Å². The van der Waals surface area contributed by atoms with Gasteiger partial charge < -0.3 is 30.2 Å². The van der Waals surface area contributed by atoms with Gasteiger partial charge >= 0.3 is 6.03 Å². The van der Waals surface area contributed by atoms with E-state index in [-0.39, 0.29) is 30.1 Å². The van der Waals surface area contributed by atoms with Gasteiger partial charge in [-0.2, -0.15) is 0 Å². The summed E-state index contributed by atoms with van der Waals surface area (Å²) in [6, 6.07) is 15.7. The van der Waals surface area contributed by atoms with Crippen LogP contribution in [0.3, 0.4) is 0 Å². The Morgan fingerprint density at radius 3 is 2.92 bits per heavy atom. The first-order valence-electron chi connectivity index (χ1n) is 12.4. The Kier molecular flexibility index (Phi) is 5.71. The molecule has 2 heterocycles. The van der Waals surface area contributed by atoms with Crippen molar-refractivity contribution in [3.8, 4) is 17.2 Å². The van der Waals surface area contributed by atoms with Crippen molar-refractivity contribution in [2.24, 2.45) is 0 Å². The zero-order valence-corrected chi connectivity index (χ0v) is 20.0. The Hall–Kier alpha value is -4.07. The smallest absolute Gasteiger partial charge is 0.315 e. The Bertz CT molecular complexity index is 1330. The van der Waals surface area contributed by atoms with Gasteiger partial charge in [-0.05, 0) is 54.7 Å². The summed E-state index contributed by atoms with van der Waals surface area (Å²) < 4.78 is 12.3. The number of ether oxygens (including phenoxy) is 2. The van der Waals surface area contributed by atoms with Gasteiger partial charge in [-0.1, -0.05) is 24.3 Å². The third-order valence-corrected chi connectivity index (χ3v) is 7.28. The molecule has 184 valence electrons. The lowest BCUT2D eigenvalue weighted by Gasteiger charge is -2.17. The van der Waals surface area contributed by atoms with Crippen LogP contribution >= 0.6 is 0 Å². The first-order chi connectivity index (χ1) is 17.7. The van der Waals surface area contributed by atoms with Crippen LogP contribution in [0, 0.1) is 0 Å². The molecule has 1 aromatic heterocycles. The number of hydrogen-bond acceptors (Lipinski definition) is 6. The lowest BCUT2D eigenvalue weighted by Crippen LogP contribution is -2.40. The minimum atomic E-state index is -0.162. The summed E-state index contributed by atoms with van der Waals surface area (Å²) in [4.78, 5) is 28.0. The van der Waals surface area contributed by atoms with Gasteiger partial charge in [0, 0.05) is 30.8 Å². The van der Waals surface area contributed by atoms with Crippen LogP contribution in [0.5, 0.6) is 17.2 Å². The predicted octanol–water partition coefficient (Wildman–Crippen LogP) is 4.26. The first-order valence-corrected chi connectivity index (χ1v) is 12.4. The molecular formula is C28H28N4O4. The fourth-order valence-corrected chi connectivity index (χ4v) is 5.49. The number of benzene rings is 2. The van der Waals surface area contributed by atoms with Crippen LogP contribution in [-0.4, -0.2) is 36.5 Å². The van der Waals surface area contributed by atoms with Crippen molar-refractivity contribution in [3.63, 3.8) is 0 Å². The molecule has 4 atom stereocenters. The highest BCUT2D eigenvalue weighted by molar-refractivity contribution is 5.76. The summed E-state index contributed by atoms with van der Waals surface area (Å²) in [6.45, 7) is 0. The van der Waals surface area contributed by atoms with Gasteiger partial charge in [0.05, 0.1) is 18.0 Å². The third kappa shape index (κ3) is 4.02. The maximum Gasteiger partial charge on any atom is 0.315 e. The lowest BCUT2D eigenvalue weighted by atomic mass is 10.1. The van der Waals surface area contributed by atoms with Gasteiger partial charge in [-0.15, -0.1) is 0 Å². The second-order valence-electron chi connectivity index (χ2n) is 9.44. The fourth-order valence-electron chi connectivity index (χ4n) is 5.49. The molecule has 0 radical (unpaired) electrons. The monoisotopic (exact) mass is 484 g/mol. The van der Waals surface area contributed by atoms with E-state index in [9.17, 15) is 9.59 Å². The summed E-state index contributed by atoms with van der Waals surface area (Å²) >= 11 is 0. The van der Waals surface area contributed by atoms with Gasteiger partial charge in [0.1, 0.15) is 35.5 Å². The zero-order chi connectivity index (χ0) is 24.6. The van der Waals surface area contributed by atoms with E-state index in [2.05, 4.69) is 33.1 Å². The number of carbonyl (C=O) groups excluding carboxylic acids is 2. The largest absolute Gasteiger partial charge is 0.487 e. The third-order valence-electron chi connectivity index (χ3n) is 7.28. The minimum Gasteiger partial charge on any atom is -0.487 e. The van der Waals surface area contributed by atoms with Crippen LogP contribution in [0.1, 0.15) is 47.1 Å². The average Bonchev–Trinajstić information content (AvgIpc) is 3.21. The van der Waals surface area contributed by atoms with E-state index in [1.165, 1.54) is 11.1 Å². The van der Waals surface area contributed by atoms with E-state index in [1.54, 1.807) is 19.3 Å². The standard InChI is InChI=1S/C28H28N4O4/c1-29-27-19(7-4-14-33)23(12-13-30-27)35-17-9-11-22-20(15-17)24-25(26(24)36-22)32-28(34)31-21-10-8-16-5-2-3-6-18(16)21/h2-3,5-6,9,11-15,21,24-26H,4,7-8,10H2,1H3,(H,29,30)(H2,31,32,34)/t21?,24?,25-,26?/m0/s1. The van der Waals surface area contributed by atoms with E-state index in [0.717, 1.165) is 36.0 Å². The SMILES string of the molecule is CNc1nccc(Oc2ccc3c(c2)C2C(O3)[C@H]2NC(=O)NC2CCc3ccccc32)c1CCC=O. The minimum absolute atomic E-state index is 0.0456. The van der Waals surface area contributed by atoms with Gasteiger partial charge in [0.15, 0.2) is 0 Å². The first kappa shape index (κ1) is 22.4. The molecule has 6 rings (SSSR count). The number of amides is 2. The summed E-state index contributed by atoms with van der Waals surface area (Å²) in [7, 11) is 1.80. The Labute approximate surface area is 209 Å². The van der Waals surface area contributed by atoms with Crippen LogP contribution in [0.2, 0.25) is 0 Å². The van der Waals surface area contributed by atoms with Crippen LogP contribution in [0.25, 0.3) is 0 Å². The van der Waals surface area contributed by atoms with Gasteiger partial charge in [-0.25, -0.2) is 9.78 Å². The number of hydrogen-bond donors (Lipinski definition) is 3. The second-order valence-corrected chi connectivity index (χ2v) is 9.44. The van der Waals surface area contributed by atoms with Crippen molar-refractivity contribution in [2.45, 2.75) is 49.8 Å². The molecular weight excluding hydrogens is 456 g/mol.